The normalized spacial score (nSPS) is 11.4. The molecule has 0 atom stereocenters. The number of hydrogen-bond acceptors (Lipinski definition) is 2. The molecule has 0 amide bonds. The van der Waals surface area contributed by atoms with Crippen molar-refractivity contribution in [2.75, 3.05) is 0 Å². The number of hydrogen-bond donors (Lipinski definition) is 0. The maximum absolute atomic E-state index is 12.6. The molecule has 0 aromatic heterocycles. The molecule has 0 spiro atoms. The number of rotatable bonds is 3. The van der Waals surface area contributed by atoms with E-state index in [1.54, 1.807) is 18.2 Å². The molecule has 0 radical (unpaired) electrons. The number of carbonyl (C=O) groups is 1. The molecule has 4 heteroatoms. The number of carbonyl (C=O) groups excluding carboxylic acids is 1. The highest BCUT2D eigenvalue weighted by atomic mass is 35.5. The van der Waals surface area contributed by atoms with Crippen LogP contribution in [-0.4, -0.2) is 14.1 Å². The third-order valence-corrected chi connectivity index (χ3v) is 9.03. The molecule has 2 rings (SSSR count). The Morgan fingerprint density at radius 1 is 1.08 bits per heavy atom. The van der Waals surface area contributed by atoms with Gasteiger partial charge in [0, 0.05) is 10.6 Å². The quantitative estimate of drug-likeness (QED) is 0.378. The molecule has 0 unspecified atom stereocenters. The first kappa shape index (κ1) is 19.3. The Kier molecular flexibility index (Phi) is 5.77. The highest BCUT2D eigenvalue weighted by molar-refractivity contribution is 6.74. The SMILES string of the molecule is CC(C)(C)[Si](C)(C)Oc1cc(Cl)ccc1C(=O)C#Cc1ccccc1. The fraction of sp³-hybridized carbons (Fsp3) is 0.286. The highest BCUT2D eigenvalue weighted by Crippen LogP contribution is 2.38. The van der Waals surface area contributed by atoms with Gasteiger partial charge in [0.15, 0.2) is 0 Å². The molecule has 0 aliphatic rings. The Bertz CT molecular complexity index is 824. The first-order chi connectivity index (χ1) is 11.6. The van der Waals surface area contributed by atoms with E-state index in [0.717, 1.165) is 5.56 Å². The summed E-state index contributed by atoms with van der Waals surface area (Å²) in [5.74, 6) is 5.85. The van der Waals surface area contributed by atoms with Gasteiger partial charge >= 0.3 is 0 Å². The van der Waals surface area contributed by atoms with Gasteiger partial charge < -0.3 is 4.43 Å². The molecule has 130 valence electrons. The van der Waals surface area contributed by atoms with Crippen molar-refractivity contribution in [3.05, 3.63) is 64.7 Å². The van der Waals surface area contributed by atoms with Crippen LogP contribution >= 0.6 is 11.6 Å². The molecule has 0 fully saturated rings. The molecular formula is C21H23ClO2Si. The molecule has 0 aliphatic heterocycles. The van der Waals surface area contributed by atoms with Gasteiger partial charge in [0.2, 0.25) is 5.78 Å². The summed E-state index contributed by atoms with van der Waals surface area (Å²) >= 11 is 6.13. The van der Waals surface area contributed by atoms with Gasteiger partial charge in [-0.3, -0.25) is 4.79 Å². The van der Waals surface area contributed by atoms with Crippen molar-refractivity contribution in [3.63, 3.8) is 0 Å². The summed E-state index contributed by atoms with van der Waals surface area (Å²) in [6.45, 7) is 10.7. The summed E-state index contributed by atoms with van der Waals surface area (Å²) in [7, 11) is -2.09. The van der Waals surface area contributed by atoms with Gasteiger partial charge in [0.05, 0.1) is 5.56 Å². The Morgan fingerprint density at radius 2 is 1.72 bits per heavy atom. The zero-order valence-electron chi connectivity index (χ0n) is 15.3. The maximum atomic E-state index is 12.6. The van der Waals surface area contributed by atoms with E-state index in [1.165, 1.54) is 0 Å². The van der Waals surface area contributed by atoms with Crippen LogP contribution < -0.4 is 4.43 Å². The second kappa shape index (κ2) is 7.47. The van der Waals surface area contributed by atoms with E-state index >= 15 is 0 Å². The van der Waals surface area contributed by atoms with Crippen molar-refractivity contribution in [3.8, 4) is 17.6 Å². The molecule has 0 bridgehead atoms. The van der Waals surface area contributed by atoms with Gasteiger partial charge in [0.25, 0.3) is 8.32 Å². The van der Waals surface area contributed by atoms with E-state index in [1.807, 2.05) is 30.3 Å². The van der Waals surface area contributed by atoms with Gasteiger partial charge in [-0.25, -0.2) is 0 Å². The first-order valence-corrected chi connectivity index (χ1v) is 11.5. The molecule has 2 nitrogen and oxygen atoms in total. The van der Waals surface area contributed by atoms with Crippen molar-refractivity contribution >= 4 is 25.7 Å². The maximum Gasteiger partial charge on any atom is 0.250 e. The summed E-state index contributed by atoms with van der Waals surface area (Å²) in [6, 6.07) is 14.5. The van der Waals surface area contributed by atoms with Crippen LogP contribution in [0.4, 0.5) is 0 Å². The van der Waals surface area contributed by atoms with Crippen LogP contribution in [0.2, 0.25) is 23.2 Å². The molecule has 0 saturated carbocycles. The van der Waals surface area contributed by atoms with Crippen molar-refractivity contribution < 1.29 is 9.22 Å². The van der Waals surface area contributed by atoms with Crippen LogP contribution in [-0.2, 0) is 0 Å². The second-order valence-electron chi connectivity index (χ2n) is 7.45. The van der Waals surface area contributed by atoms with Crippen LogP contribution in [0, 0.1) is 11.8 Å². The average Bonchev–Trinajstić information content (AvgIpc) is 2.52. The summed E-state index contributed by atoms with van der Waals surface area (Å²) in [6.07, 6.45) is 0. The summed E-state index contributed by atoms with van der Waals surface area (Å²) in [5, 5.41) is 0.562. The van der Waals surface area contributed by atoms with E-state index in [4.69, 9.17) is 16.0 Å². The first-order valence-electron chi connectivity index (χ1n) is 8.20. The van der Waals surface area contributed by atoms with E-state index in [-0.39, 0.29) is 10.8 Å². The summed E-state index contributed by atoms with van der Waals surface area (Å²) < 4.78 is 6.32. The molecule has 2 aromatic carbocycles. The molecular weight excluding hydrogens is 348 g/mol. The van der Waals surface area contributed by atoms with Gasteiger partial charge in [0.1, 0.15) is 5.75 Å². The third-order valence-electron chi connectivity index (χ3n) is 4.45. The molecule has 0 aliphatic carbocycles. The van der Waals surface area contributed by atoms with Crippen LogP contribution in [0.1, 0.15) is 36.7 Å². The van der Waals surface area contributed by atoms with Crippen molar-refractivity contribution in [1.82, 2.24) is 0 Å². The minimum absolute atomic E-state index is 0.0192. The number of benzene rings is 2. The Balaban J connectivity index is 2.36. The standard InChI is InChI=1S/C21H23ClO2Si/c1-21(2,3)25(4,5)24-20-15-17(22)12-13-18(20)19(23)14-11-16-9-7-6-8-10-16/h6-10,12-13,15H,1-5H3. The molecule has 0 N–H and O–H groups in total. The fourth-order valence-electron chi connectivity index (χ4n) is 1.91. The predicted octanol–water partition coefficient (Wildman–Crippen LogP) is 5.96. The lowest BCUT2D eigenvalue weighted by atomic mass is 10.1. The van der Waals surface area contributed by atoms with Gasteiger partial charge in [-0.05, 0) is 54.4 Å². The fourth-order valence-corrected chi connectivity index (χ4v) is 3.10. The highest BCUT2D eigenvalue weighted by Gasteiger charge is 2.39. The topological polar surface area (TPSA) is 26.3 Å². The van der Waals surface area contributed by atoms with Gasteiger partial charge in [-0.15, -0.1) is 0 Å². The summed E-state index contributed by atoms with van der Waals surface area (Å²) in [4.78, 5) is 12.6. The van der Waals surface area contributed by atoms with Crippen LogP contribution in [0.3, 0.4) is 0 Å². The minimum Gasteiger partial charge on any atom is -0.543 e. The van der Waals surface area contributed by atoms with E-state index in [0.29, 0.717) is 16.3 Å². The number of halogens is 1. The zero-order valence-corrected chi connectivity index (χ0v) is 17.1. The molecule has 25 heavy (non-hydrogen) atoms. The van der Waals surface area contributed by atoms with E-state index in [2.05, 4.69) is 45.7 Å². The minimum atomic E-state index is -2.09. The Labute approximate surface area is 156 Å². The van der Waals surface area contributed by atoms with Crippen molar-refractivity contribution in [2.24, 2.45) is 0 Å². The predicted molar refractivity (Wildman–Crippen MR) is 107 cm³/mol. The second-order valence-corrected chi connectivity index (χ2v) is 12.6. The summed E-state index contributed by atoms with van der Waals surface area (Å²) in [5.41, 5.74) is 1.26. The van der Waals surface area contributed by atoms with E-state index < -0.39 is 8.32 Å². The zero-order chi connectivity index (χ0) is 18.7. The smallest absolute Gasteiger partial charge is 0.250 e. The van der Waals surface area contributed by atoms with Gasteiger partial charge in [-0.2, -0.15) is 0 Å². The monoisotopic (exact) mass is 370 g/mol. The van der Waals surface area contributed by atoms with Crippen LogP contribution in [0.25, 0.3) is 0 Å². The number of Topliss-reactive ketones (excluding diaryl/α,β-unsaturated/α-hetero) is 1. The lowest BCUT2D eigenvalue weighted by molar-refractivity contribution is 0.105. The molecule has 0 heterocycles. The van der Waals surface area contributed by atoms with Gasteiger partial charge in [-0.1, -0.05) is 56.5 Å². The lowest BCUT2D eigenvalue weighted by Crippen LogP contribution is -2.44. The lowest BCUT2D eigenvalue weighted by Gasteiger charge is -2.36. The molecule has 0 saturated heterocycles. The molecule has 2 aromatic rings. The third kappa shape index (κ3) is 4.98. The largest absolute Gasteiger partial charge is 0.543 e. The Hall–Kier alpha value is -2.02. The average molecular weight is 371 g/mol. The van der Waals surface area contributed by atoms with Crippen molar-refractivity contribution in [2.45, 2.75) is 38.9 Å². The van der Waals surface area contributed by atoms with Crippen LogP contribution in [0.15, 0.2) is 48.5 Å². The van der Waals surface area contributed by atoms with Crippen molar-refractivity contribution in [1.29, 1.82) is 0 Å². The Morgan fingerprint density at radius 3 is 2.32 bits per heavy atom. The van der Waals surface area contributed by atoms with E-state index in [9.17, 15) is 4.79 Å². The number of ketones is 1. The van der Waals surface area contributed by atoms with Crippen LogP contribution in [0.5, 0.6) is 5.75 Å².